The van der Waals surface area contributed by atoms with Crippen LogP contribution in [0.2, 0.25) is 0 Å². The van der Waals surface area contributed by atoms with E-state index in [9.17, 15) is 9.18 Å². The SMILES string of the molecule is O=c1[nH]c(C2(c3cccc(F)c3)CC2)nc2c1CNCC2. The second-order valence-corrected chi connectivity index (χ2v) is 5.86. The van der Waals surface area contributed by atoms with Crippen molar-refractivity contribution < 1.29 is 4.39 Å². The van der Waals surface area contributed by atoms with Crippen molar-refractivity contribution in [1.29, 1.82) is 0 Å². The Balaban J connectivity index is 1.83. The highest BCUT2D eigenvalue weighted by molar-refractivity contribution is 5.40. The van der Waals surface area contributed by atoms with Gasteiger partial charge >= 0.3 is 0 Å². The predicted octanol–water partition coefficient (Wildman–Crippen LogP) is 1.63. The predicted molar refractivity (Wildman–Crippen MR) is 76.7 cm³/mol. The molecule has 4 nitrogen and oxygen atoms in total. The summed E-state index contributed by atoms with van der Waals surface area (Å²) in [5.41, 5.74) is 2.15. The van der Waals surface area contributed by atoms with Gasteiger partial charge in [-0.3, -0.25) is 4.79 Å². The minimum absolute atomic E-state index is 0.0649. The van der Waals surface area contributed by atoms with Gasteiger partial charge in [-0.2, -0.15) is 0 Å². The second kappa shape index (κ2) is 4.49. The molecule has 4 rings (SSSR count). The summed E-state index contributed by atoms with van der Waals surface area (Å²) in [5.74, 6) is 0.446. The van der Waals surface area contributed by atoms with Crippen molar-refractivity contribution >= 4 is 0 Å². The molecule has 0 spiro atoms. The number of halogens is 1. The number of hydrogen-bond acceptors (Lipinski definition) is 3. The summed E-state index contributed by atoms with van der Waals surface area (Å²) in [7, 11) is 0. The van der Waals surface area contributed by atoms with Crippen molar-refractivity contribution in [2.24, 2.45) is 0 Å². The fourth-order valence-corrected chi connectivity index (χ4v) is 3.15. The van der Waals surface area contributed by atoms with Crippen molar-refractivity contribution in [3.05, 3.63) is 63.1 Å². The van der Waals surface area contributed by atoms with Crippen LogP contribution in [0.4, 0.5) is 4.39 Å². The highest BCUT2D eigenvalue weighted by Gasteiger charge is 2.48. The van der Waals surface area contributed by atoms with Crippen LogP contribution >= 0.6 is 0 Å². The number of rotatable bonds is 2. The molecule has 2 N–H and O–H groups in total. The molecule has 0 saturated heterocycles. The average molecular weight is 285 g/mol. The Morgan fingerprint density at radius 2 is 2.14 bits per heavy atom. The zero-order valence-corrected chi connectivity index (χ0v) is 11.6. The van der Waals surface area contributed by atoms with Gasteiger partial charge in [-0.1, -0.05) is 12.1 Å². The molecule has 1 aromatic carbocycles. The fourth-order valence-electron chi connectivity index (χ4n) is 3.15. The van der Waals surface area contributed by atoms with Gasteiger partial charge in [-0.25, -0.2) is 9.37 Å². The average Bonchev–Trinajstić information content (AvgIpc) is 3.29. The number of benzene rings is 1. The molecule has 2 aromatic rings. The van der Waals surface area contributed by atoms with Crippen LogP contribution < -0.4 is 10.9 Å². The first-order valence-electron chi connectivity index (χ1n) is 7.28. The standard InChI is InChI=1S/C16H16FN3O/c17-11-3-1-2-10(8-11)16(5-6-16)15-19-13-4-7-18-9-12(13)14(21)20-15/h1-3,8,18H,4-7,9H2,(H,19,20,21). The first-order valence-corrected chi connectivity index (χ1v) is 7.28. The summed E-state index contributed by atoms with van der Waals surface area (Å²) in [6, 6.07) is 6.62. The van der Waals surface area contributed by atoms with Crippen molar-refractivity contribution in [3.8, 4) is 0 Å². The van der Waals surface area contributed by atoms with E-state index in [0.29, 0.717) is 12.4 Å². The number of nitrogens with one attached hydrogen (secondary N) is 2. The molecule has 108 valence electrons. The maximum Gasteiger partial charge on any atom is 0.255 e. The van der Waals surface area contributed by atoms with Gasteiger partial charge in [0.2, 0.25) is 0 Å². The minimum Gasteiger partial charge on any atom is -0.312 e. The Hall–Kier alpha value is -2.01. The van der Waals surface area contributed by atoms with Crippen molar-refractivity contribution in [2.75, 3.05) is 6.54 Å². The second-order valence-electron chi connectivity index (χ2n) is 5.86. The van der Waals surface area contributed by atoms with E-state index < -0.39 is 0 Å². The van der Waals surface area contributed by atoms with Crippen LogP contribution in [-0.4, -0.2) is 16.5 Å². The lowest BCUT2D eigenvalue weighted by molar-refractivity contribution is 0.600. The van der Waals surface area contributed by atoms with E-state index in [1.165, 1.54) is 6.07 Å². The van der Waals surface area contributed by atoms with E-state index >= 15 is 0 Å². The number of nitrogens with zero attached hydrogens (tertiary/aromatic N) is 1. The minimum atomic E-state index is -0.304. The summed E-state index contributed by atoms with van der Waals surface area (Å²) >= 11 is 0. The summed E-state index contributed by atoms with van der Waals surface area (Å²) < 4.78 is 13.5. The van der Waals surface area contributed by atoms with Gasteiger partial charge < -0.3 is 10.3 Å². The number of fused-ring (bicyclic) bond motifs is 1. The van der Waals surface area contributed by atoms with E-state index in [2.05, 4.69) is 10.3 Å². The van der Waals surface area contributed by atoms with Gasteiger partial charge in [-0.05, 0) is 30.5 Å². The Morgan fingerprint density at radius 1 is 1.29 bits per heavy atom. The number of hydrogen-bond donors (Lipinski definition) is 2. The molecule has 2 heterocycles. The molecule has 2 aliphatic rings. The number of H-pyrrole nitrogens is 1. The number of aromatic amines is 1. The Kier molecular flexibility index (Phi) is 2.72. The van der Waals surface area contributed by atoms with E-state index in [-0.39, 0.29) is 16.8 Å². The maximum absolute atomic E-state index is 13.5. The molecule has 1 aliphatic heterocycles. The van der Waals surface area contributed by atoms with Gasteiger partial charge in [0.05, 0.1) is 16.7 Å². The normalized spacial score (nSPS) is 19.1. The Morgan fingerprint density at radius 3 is 2.90 bits per heavy atom. The van der Waals surface area contributed by atoms with Crippen LogP contribution in [-0.2, 0) is 18.4 Å². The van der Waals surface area contributed by atoms with Crippen LogP contribution in [0, 0.1) is 5.82 Å². The maximum atomic E-state index is 13.5. The van der Waals surface area contributed by atoms with Crippen molar-refractivity contribution in [3.63, 3.8) is 0 Å². The molecular weight excluding hydrogens is 269 g/mol. The summed E-state index contributed by atoms with van der Waals surface area (Å²) in [6.45, 7) is 1.42. The van der Waals surface area contributed by atoms with Crippen LogP contribution in [0.25, 0.3) is 0 Å². The molecule has 0 unspecified atom stereocenters. The van der Waals surface area contributed by atoms with Crippen LogP contribution in [0.3, 0.4) is 0 Å². The van der Waals surface area contributed by atoms with Crippen molar-refractivity contribution in [2.45, 2.75) is 31.2 Å². The van der Waals surface area contributed by atoms with Gasteiger partial charge in [0.25, 0.3) is 5.56 Å². The molecule has 5 heteroatoms. The third-order valence-corrected chi connectivity index (χ3v) is 4.52. The molecule has 0 amide bonds. The third-order valence-electron chi connectivity index (χ3n) is 4.52. The summed E-state index contributed by atoms with van der Waals surface area (Å²) in [5, 5.41) is 3.19. The smallest absolute Gasteiger partial charge is 0.255 e. The fraction of sp³-hybridized carbons (Fsp3) is 0.375. The lowest BCUT2D eigenvalue weighted by Gasteiger charge is -2.20. The third kappa shape index (κ3) is 2.00. The highest BCUT2D eigenvalue weighted by atomic mass is 19.1. The van der Waals surface area contributed by atoms with Gasteiger partial charge in [-0.15, -0.1) is 0 Å². The molecule has 21 heavy (non-hydrogen) atoms. The lowest BCUT2D eigenvalue weighted by atomic mass is 9.94. The van der Waals surface area contributed by atoms with Crippen LogP contribution in [0.1, 0.15) is 35.5 Å². The lowest BCUT2D eigenvalue weighted by Crippen LogP contribution is -2.33. The van der Waals surface area contributed by atoms with Crippen molar-refractivity contribution in [1.82, 2.24) is 15.3 Å². The molecule has 1 fully saturated rings. The molecule has 0 atom stereocenters. The molecule has 0 bridgehead atoms. The largest absolute Gasteiger partial charge is 0.312 e. The monoisotopic (exact) mass is 285 g/mol. The van der Waals surface area contributed by atoms with Gasteiger partial charge in [0.15, 0.2) is 0 Å². The first-order chi connectivity index (χ1) is 10.2. The molecule has 1 aromatic heterocycles. The van der Waals surface area contributed by atoms with Gasteiger partial charge in [0.1, 0.15) is 11.6 Å². The van der Waals surface area contributed by atoms with Gasteiger partial charge in [0, 0.05) is 19.5 Å². The van der Waals surface area contributed by atoms with E-state index in [1.807, 2.05) is 6.07 Å². The van der Waals surface area contributed by atoms with Crippen LogP contribution in [0.5, 0.6) is 0 Å². The zero-order valence-electron chi connectivity index (χ0n) is 11.6. The molecule has 1 saturated carbocycles. The van der Waals surface area contributed by atoms with Crippen LogP contribution in [0.15, 0.2) is 29.1 Å². The highest BCUT2D eigenvalue weighted by Crippen LogP contribution is 2.52. The molecule has 0 radical (unpaired) electrons. The zero-order chi connectivity index (χ0) is 14.4. The quantitative estimate of drug-likeness (QED) is 0.882. The van der Waals surface area contributed by atoms with E-state index in [4.69, 9.17) is 4.98 Å². The van der Waals surface area contributed by atoms with E-state index in [1.54, 1.807) is 12.1 Å². The topological polar surface area (TPSA) is 57.8 Å². The summed E-state index contributed by atoms with van der Waals surface area (Å²) in [6.07, 6.45) is 2.57. The first kappa shape index (κ1) is 12.7. The molecule has 1 aliphatic carbocycles. The summed E-state index contributed by atoms with van der Waals surface area (Å²) in [4.78, 5) is 19.9. The Bertz CT molecular complexity index is 764. The van der Waals surface area contributed by atoms with E-state index in [0.717, 1.165) is 42.6 Å². The number of aromatic nitrogens is 2. The Labute approximate surface area is 121 Å². The molecular formula is C16H16FN3O.